The molecule has 1 aliphatic rings. The molecular formula is C28H24ClFN4O2S. The number of hydrogen-bond acceptors (Lipinski definition) is 4. The van der Waals surface area contributed by atoms with E-state index < -0.39 is 5.82 Å². The van der Waals surface area contributed by atoms with Gasteiger partial charge in [-0.15, -0.1) is 0 Å². The molecule has 6 nitrogen and oxygen atoms in total. The molecule has 2 atom stereocenters. The number of nitrogens with one attached hydrogen (secondary N) is 2. The van der Waals surface area contributed by atoms with E-state index in [1.54, 1.807) is 18.3 Å². The number of halogens is 2. The molecule has 2 N–H and O–H groups in total. The van der Waals surface area contributed by atoms with E-state index in [2.05, 4.69) is 15.6 Å². The summed E-state index contributed by atoms with van der Waals surface area (Å²) in [5, 5.41) is 7.08. The van der Waals surface area contributed by atoms with Gasteiger partial charge >= 0.3 is 0 Å². The van der Waals surface area contributed by atoms with Crippen molar-refractivity contribution in [2.45, 2.75) is 25.4 Å². The SMILES string of the molecule is Cc1ccc(Cl)cc1-c1ccc([C@H]2[C@H](c3ccccn3)NC(=S)N2CCC(=O)Nc2ccccc2F)o1. The number of pyridine rings is 1. The molecule has 0 saturated carbocycles. The molecule has 4 aromatic rings. The van der Waals surface area contributed by atoms with Crippen LogP contribution in [-0.2, 0) is 4.79 Å². The van der Waals surface area contributed by atoms with E-state index in [1.165, 1.54) is 12.1 Å². The predicted molar refractivity (Wildman–Crippen MR) is 146 cm³/mol. The van der Waals surface area contributed by atoms with Crippen LogP contribution in [0.4, 0.5) is 10.1 Å². The largest absolute Gasteiger partial charge is 0.459 e. The zero-order valence-corrected chi connectivity index (χ0v) is 21.5. The normalized spacial score (nSPS) is 17.1. The topological polar surface area (TPSA) is 70.4 Å². The van der Waals surface area contributed by atoms with Crippen molar-refractivity contribution >= 4 is 40.5 Å². The summed E-state index contributed by atoms with van der Waals surface area (Å²) < 4.78 is 20.3. The Balaban J connectivity index is 1.42. The summed E-state index contributed by atoms with van der Waals surface area (Å²) in [5.41, 5.74) is 2.88. The first kappa shape index (κ1) is 24.9. The quantitative estimate of drug-likeness (QED) is 0.266. The Labute approximate surface area is 224 Å². The highest BCUT2D eigenvalue weighted by molar-refractivity contribution is 7.80. The number of hydrogen-bond donors (Lipinski definition) is 2. The van der Waals surface area contributed by atoms with Gasteiger partial charge in [-0.3, -0.25) is 9.78 Å². The third-order valence-electron chi connectivity index (χ3n) is 6.31. The minimum absolute atomic E-state index is 0.0998. The molecule has 2 aromatic heterocycles. The van der Waals surface area contributed by atoms with Crippen molar-refractivity contribution in [2.24, 2.45) is 0 Å². The maximum atomic E-state index is 14.0. The van der Waals surface area contributed by atoms with Crippen molar-refractivity contribution in [3.63, 3.8) is 0 Å². The fourth-order valence-corrected chi connectivity index (χ4v) is 4.97. The average molecular weight is 535 g/mol. The third-order valence-corrected chi connectivity index (χ3v) is 6.90. The first-order chi connectivity index (χ1) is 17.9. The van der Waals surface area contributed by atoms with Crippen LogP contribution in [0.1, 0.15) is 35.5 Å². The van der Waals surface area contributed by atoms with Crippen LogP contribution in [0.3, 0.4) is 0 Å². The highest BCUT2D eigenvalue weighted by Crippen LogP contribution is 2.41. The third kappa shape index (κ3) is 5.35. The summed E-state index contributed by atoms with van der Waals surface area (Å²) in [6, 6.07) is 20.6. The van der Waals surface area contributed by atoms with Crippen molar-refractivity contribution in [3.05, 3.63) is 107 Å². The highest BCUT2D eigenvalue weighted by atomic mass is 35.5. The van der Waals surface area contributed by atoms with Crippen LogP contribution >= 0.6 is 23.8 Å². The van der Waals surface area contributed by atoms with Crippen LogP contribution in [0.15, 0.2) is 83.4 Å². The minimum Gasteiger partial charge on any atom is -0.459 e. The van der Waals surface area contributed by atoms with Gasteiger partial charge in [0, 0.05) is 29.7 Å². The molecule has 3 heterocycles. The van der Waals surface area contributed by atoms with Gasteiger partial charge in [-0.05, 0) is 73.2 Å². The van der Waals surface area contributed by atoms with Gasteiger partial charge in [-0.25, -0.2) is 4.39 Å². The summed E-state index contributed by atoms with van der Waals surface area (Å²) in [5.74, 6) is 0.557. The van der Waals surface area contributed by atoms with Gasteiger partial charge in [0.2, 0.25) is 5.91 Å². The van der Waals surface area contributed by atoms with Crippen LogP contribution in [0.2, 0.25) is 5.02 Å². The first-order valence-corrected chi connectivity index (χ1v) is 12.6. The molecule has 0 radical (unpaired) electrons. The summed E-state index contributed by atoms with van der Waals surface area (Å²) >= 11 is 11.9. The zero-order valence-electron chi connectivity index (χ0n) is 19.9. The van der Waals surface area contributed by atoms with Gasteiger partial charge in [-0.2, -0.15) is 0 Å². The smallest absolute Gasteiger partial charge is 0.226 e. The lowest BCUT2D eigenvalue weighted by atomic mass is 10.0. The zero-order chi connectivity index (χ0) is 25.9. The fourth-order valence-electron chi connectivity index (χ4n) is 4.47. The maximum Gasteiger partial charge on any atom is 0.226 e. The van der Waals surface area contributed by atoms with Crippen LogP contribution < -0.4 is 10.6 Å². The lowest BCUT2D eigenvalue weighted by Gasteiger charge is -2.25. The van der Waals surface area contributed by atoms with Gasteiger partial charge in [-0.1, -0.05) is 35.9 Å². The number of aromatic nitrogens is 1. The summed E-state index contributed by atoms with van der Waals surface area (Å²) in [6.45, 7) is 2.30. The standard InChI is InChI=1S/C28H24ClFN4O2S/c1-17-9-10-18(29)16-19(17)23-11-12-24(36-23)27-26(22-8-4-5-14-31-22)33-28(37)34(27)15-13-25(35)32-21-7-3-2-6-20(21)30/h2-12,14,16,26-27H,13,15H2,1H3,(H,32,35)(H,33,37)/t26-,27-/m0/s1. The van der Waals surface area contributed by atoms with Gasteiger partial charge < -0.3 is 20.0 Å². The number of para-hydroxylation sites is 1. The predicted octanol–water partition coefficient (Wildman–Crippen LogP) is 6.44. The minimum atomic E-state index is -0.485. The van der Waals surface area contributed by atoms with Crippen LogP contribution in [-0.4, -0.2) is 27.4 Å². The molecule has 1 fully saturated rings. The summed E-state index contributed by atoms with van der Waals surface area (Å²) in [4.78, 5) is 19.1. The Kier molecular flexibility index (Phi) is 7.21. The van der Waals surface area contributed by atoms with Crippen LogP contribution in [0.5, 0.6) is 0 Å². The lowest BCUT2D eigenvalue weighted by molar-refractivity contribution is -0.116. The van der Waals surface area contributed by atoms with E-state index in [0.29, 0.717) is 28.2 Å². The van der Waals surface area contributed by atoms with Crippen molar-refractivity contribution in [3.8, 4) is 11.3 Å². The number of amides is 1. The van der Waals surface area contributed by atoms with Crippen molar-refractivity contribution < 1.29 is 13.6 Å². The maximum absolute atomic E-state index is 14.0. The second-order valence-electron chi connectivity index (χ2n) is 8.76. The molecule has 1 amide bonds. The molecule has 37 heavy (non-hydrogen) atoms. The molecule has 0 unspecified atom stereocenters. The van der Waals surface area contributed by atoms with Crippen LogP contribution in [0.25, 0.3) is 11.3 Å². The Hall–Kier alpha value is -3.75. The summed E-state index contributed by atoms with van der Waals surface area (Å²) in [6.07, 6.45) is 1.83. The van der Waals surface area contributed by atoms with Crippen molar-refractivity contribution in [2.75, 3.05) is 11.9 Å². The number of thiocarbonyl (C=S) groups is 1. The lowest BCUT2D eigenvalue weighted by Crippen LogP contribution is -2.32. The van der Waals surface area contributed by atoms with E-state index in [4.69, 9.17) is 28.2 Å². The Morgan fingerprint density at radius 3 is 2.76 bits per heavy atom. The number of aryl methyl sites for hydroxylation is 1. The van der Waals surface area contributed by atoms with E-state index in [-0.39, 0.29) is 30.1 Å². The summed E-state index contributed by atoms with van der Waals surface area (Å²) in [7, 11) is 0. The number of rotatable bonds is 7. The molecule has 188 valence electrons. The van der Waals surface area contributed by atoms with Gasteiger partial charge in [0.15, 0.2) is 5.11 Å². The molecular weight excluding hydrogens is 511 g/mol. The first-order valence-electron chi connectivity index (χ1n) is 11.8. The van der Waals surface area contributed by atoms with Gasteiger partial charge in [0.1, 0.15) is 23.4 Å². The number of furan rings is 1. The monoisotopic (exact) mass is 534 g/mol. The van der Waals surface area contributed by atoms with E-state index in [0.717, 1.165) is 16.8 Å². The number of benzene rings is 2. The second kappa shape index (κ2) is 10.7. The van der Waals surface area contributed by atoms with E-state index in [9.17, 15) is 9.18 Å². The fraction of sp³-hybridized carbons (Fsp3) is 0.179. The Morgan fingerprint density at radius 1 is 1.16 bits per heavy atom. The average Bonchev–Trinajstić information content (AvgIpc) is 3.50. The molecule has 0 spiro atoms. The number of nitrogens with zero attached hydrogens (tertiary/aromatic N) is 2. The second-order valence-corrected chi connectivity index (χ2v) is 9.58. The van der Waals surface area contributed by atoms with Gasteiger partial charge in [0.25, 0.3) is 0 Å². The van der Waals surface area contributed by atoms with Gasteiger partial charge in [0.05, 0.1) is 17.4 Å². The highest BCUT2D eigenvalue weighted by Gasteiger charge is 2.41. The number of carbonyl (C=O) groups excluding carboxylic acids is 1. The van der Waals surface area contributed by atoms with E-state index >= 15 is 0 Å². The van der Waals surface area contributed by atoms with E-state index in [1.807, 2.05) is 60.4 Å². The number of anilines is 1. The molecule has 1 aliphatic heterocycles. The molecule has 9 heteroatoms. The molecule has 2 aromatic carbocycles. The number of carbonyl (C=O) groups is 1. The molecule has 0 aliphatic carbocycles. The van der Waals surface area contributed by atoms with Crippen molar-refractivity contribution in [1.29, 1.82) is 0 Å². The molecule has 1 saturated heterocycles. The van der Waals surface area contributed by atoms with Crippen molar-refractivity contribution in [1.82, 2.24) is 15.2 Å². The Bertz CT molecular complexity index is 1450. The molecule has 5 rings (SSSR count). The molecule has 0 bridgehead atoms. The Morgan fingerprint density at radius 2 is 1.97 bits per heavy atom. The van der Waals surface area contributed by atoms with Crippen LogP contribution in [0, 0.1) is 12.7 Å².